The van der Waals surface area contributed by atoms with E-state index < -0.39 is 97.5 Å². The van der Waals surface area contributed by atoms with E-state index in [9.17, 15) is 43.2 Å². The van der Waals surface area contributed by atoms with Crippen molar-refractivity contribution in [3.63, 3.8) is 0 Å². The lowest BCUT2D eigenvalue weighted by molar-refractivity contribution is -0.161. The third-order valence-electron chi connectivity index (χ3n) is 20.3. The number of esters is 4. The Balaban J connectivity index is 5.20. The molecule has 0 aromatic rings. The molecular weight excluding hydrogens is 1370 g/mol. The zero-order valence-corrected chi connectivity index (χ0v) is 70.7. The maximum absolute atomic E-state index is 13.1. The molecule has 0 aliphatic heterocycles. The van der Waals surface area contributed by atoms with Crippen LogP contribution in [0.2, 0.25) is 0 Å². The maximum Gasteiger partial charge on any atom is 0.472 e. The van der Waals surface area contributed by atoms with Crippen LogP contribution in [0.5, 0.6) is 0 Å². The summed E-state index contributed by atoms with van der Waals surface area (Å²) in [6, 6.07) is 0. The van der Waals surface area contributed by atoms with Crippen molar-refractivity contribution in [2.75, 3.05) is 39.6 Å². The molecule has 17 nitrogen and oxygen atoms in total. The van der Waals surface area contributed by atoms with Crippen molar-refractivity contribution in [3.8, 4) is 0 Å². The Morgan fingerprint density at radius 3 is 0.648 bits per heavy atom. The lowest BCUT2D eigenvalue weighted by Crippen LogP contribution is -2.30. The average molecular weight is 1540 g/mol. The normalized spacial score (nSPS) is 13.8. The highest BCUT2D eigenvalue weighted by molar-refractivity contribution is 7.47. The molecule has 0 aromatic carbocycles. The first-order valence-electron chi connectivity index (χ1n) is 44.6. The molecule has 624 valence electrons. The van der Waals surface area contributed by atoms with E-state index in [0.29, 0.717) is 31.6 Å². The van der Waals surface area contributed by atoms with Crippen molar-refractivity contribution in [2.45, 2.75) is 483 Å². The lowest BCUT2D eigenvalue weighted by Gasteiger charge is -2.21. The van der Waals surface area contributed by atoms with Gasteiger partial charge in [0.25, 0.3) is 0 Å². The van der Waals surface area contributed by atoms with E-state index in [-0.39, 0.29) is 25.7 Å². The van der Waals surface area contributed by atoms with Crippen LogP contribution >= 0.6 is 15.6 Å². The zero-order valence-electron chi connectivity index (χ0n) is 68.9. The monoisotopic (exact) mass is 1540 g/mol. The zero-order chi connectivity index (χ0) is 76.9. The van der Waals surface area contributed by atoms with Crippen LogP contribution < -0.4 is 0 Å². The fraction of sp³-hybridized carbons (Fsp3) is 0.953. The lowest BCUT2D eigenvalue weighted by atomic mass is 10.0. The van der Waals surface area contributed by atoms with E-state index in [2.05, 4.69) is 34.6 Å². The van der Waals surface area contributed by atoms with Gasteiger partial charge in [-0.1, -0.05) is 413 Å². The summed E-state index contributed by atoms with van der Waals surface area (Å²) in [5.41, 5.74) is 0. The predicted octanol–water partition coefficient (Wildman–Crippen LogP) is 26.4. The largest absolute Gasteiger partial charge is 0.472 e. The predicted molar refractivity (Wildman–Crippen MR) is 432 cm³/mol. The summed E-state index contributed by atoms with van der Waals surface area (Å²) in [7, 11) is -9.92. The van der Waals surface area contributed by atoms with Gasteiger partial charge in [0.2, 0.25) is 0 Å². The van der Waals surface area contributed by atoms with E-state index in [0.717, 1.165) is 96.3 Å². The maximum atomic E-state index is 13.1. The molecular formula is C86H168O17P2. The highest BCUT2D eigenvalue weighted by Gasteiger charge is 2.30. The molecule has 0 rings (SSSR count). The first-order valence-corrected chi connectivity index (χ1v) is 47.6. The summed E-state index contributed by atoms with van der Waals surface area (Å²) in [5, 5.41) is 10.7. The quantitative estimate of drug-likeness (QED) is 0.0222. The molecule has 0 aliphatic carbocycles. The molecule has 0 spiro atoms. The Bertz CT molecular complexity index is 2000. The van der Waals surface area contributed by atoms with E-state index >= 15 is 0 Å². The number of aliphatic hydroxyl groups is 1. The van der Waals surface area contributed by atoms with Gasteiger partial charge >= 0.3 is 39.5 Å². The van der Waals surface area contributed by atoms with Crippen LogP contribution in [0, 0.1) is 5.92 Å². The fourth-order valence-electron chi connectivity index (χ4n) is 13.5. The molecule has 5 atom stereocenters. The van der Waals surface area contributed by atoms with Crippen molar-refractivity contribution in [1.29, 1.82) is 0 Å². The Labute approximate surface area is 645 Å². The Hall–Kier alpha value is -1.94. The number of unbranched alkanes of at least 4 members (excludes halogenated alkanes) is 58. The van der Waals surface area contributed by atoms with Crippen LogP contribution in [0.1, 0.15) is 465 Å². The van der Waals surface area contributed by atoms with Gasteiger partial charge in [-0.15, -0.1) is 0 Å². The SMILES string of the molecule is CCCCCCCCCCCCCCCCCCCCCCCCC(=O)O[C@H](COC(=O)CCCCCCCCCCCCCCCCCCCC)COP(=O)(O)OC[C@@H](O)COP(=O)(O)OC[C@@H](COC(=O)CCCCCCCCC(C)C)OC(=O)CCCCCCCCCCCCCCCCCC. The number of rotatable bonds is 86. The molecule has 0 fully saturated rings. The minimum absolute atomic E-state index is 0.108. The summed E-state index contributed by atoms with van der Waals surface area (Å²) >= 11 is 0. The summed E-state index contributed by atoms with van der Waals surface area (Å²) < 4.78 is 68.8. The molecule has 0 aromatic heterocycles. The van der Waals surface area contributed by atoms with Gasteiger partial charge in [-0.05, 0) is 31.6 Å². The van der Waals surface area contributed by atoms with Gasteiger partial charge in [-0.3, -0.25) is 37.3 Å². The summed E-state index contributed by atoms with van der Waals surface area (Å²) in [5.74, 6) is -1.42. The molecule has 3 N–H and O–H groups in total. The molecule has 0 saturated carbocycles. The Morgan fingerprint density at radius 2 is 0.438 bits per heavy atom. The second kappa shape index (κ2) is 78.7. The standard InChI is InChI=1S/C86H168O17P2/c1-6-9-12-15-18-21-24-27-30-33-35-36-37-38-40-43-46-49-52-55-62-67-71-85(90)102-81(75-96-83(88)69-64-59-53-50-47-44-42-39-34-31-28-25-22-19-16-13-10-7-2)77-100-104(92,93)98-73-80(87)74-99-105(94,95)101-78-82(76-97-84(89)70-65-60-57-56-58-63-68-79(4)5)103-86(91)72-66-61-54-51-48-45-41-32-29-26-23-20-17-14-11-8-3/h79-82,87H,6-78H2,1-5H3,(H,92,93)(H,94,95)/t80-,81-,82-/m1/s1. The van der Waals surface area contributed by atoms with Gasteiger partial charge in [-0.2, -0.15) is 0 Å². The van der Waals surface area contributed by atoms with Crippen molar-refractivity contribution in [1.82, 2.24) is 0 Å². The molecule has 19 heteroatoms. The minimum atomic E-state index is -4.96. The molecule has 0 radical (unpaired) electrons. The van der Waals surface area contributed by atoms with Crippen molar-refractivity contribution in [3.05, 3.63) is 0 Å². The molecule has 0 heterocycles. The molecule has 0 aliphatic rings. The number of carbonyl (C=O) groups is 4. The van der Waals surface area contributed by atoms with Crippen LogP contribution in [-0.2, 0) is 65.4 Å². The number of phosphoric acid groups is 2. The first-order chi connectivity index (χ1) is 51.0. The third-order valence-corrected chi connectivity index (χ3v) is 22.2. The number of phosphoric ester groups is 2. The second-order valence-electron chi connectivity index (χ2n) is 31.4. The number of hydrogen-bond donors (Lipinski definition) is 3. The topological polar surface area (TPSA) is 237 Å². The van der Waals surface area contributed by atoms with Crippen LogP contribution in [0.25, 0.3) is 0 Å². The van der Waals surface area contributed by atoms with Gasteiger partial charge in [0.05, 0.1) is 26.4 Å². The van der Waals surface area contributed by atoms with E-state index in [1.54, 1.807) is 0 Å². The van der Waals surface area contributed by atoms with Crippen molar-refractivity contribution < 1.29 is 80.2 Å². The van der Waals surface area contributed by atoms with Crippen molar-refractivity contribution in [2.24, 2.45) is 5.92 Å². The van der Waals surface area contributed by atoms with E-state index in [1.165, 1.54) is 283 Å². The molecule has 105 heavy (non-hydrogen) atoms. The van der Waals surface area contributed by atoms with Gasteiger partial charge in [0, 0.05) is 25.7 Å². The first kappa shape index (κ1) is 103. The minimum Gasteiger partial charge on any atom is -0.462 e. The number of aliphatic hydroxyl groups excluding tert-OH is 1. The van der Waals surface area contributed by atoms with Crippen LogP contribution in [0.4, 0.5) is 0 Å². The highest BCUT2D eigenvalue weighted by atomic mass is 31.2. The Morgan fingerprint density at radius 1 is 0.257 bits per heavy atom. The number of hydrogen-bond acceptors (Lipinski definition) is 15. The smallest absolute Gasteiger partial charge is 0.462 e. The summed E-state index contributed by atoms with van der Waals surface area (Å²) in [6.07, 6.45) is 72.5. The number of carbonyl (C=O) groups excluding carboxylic acids is 4. The molecule has 2 unspecified atom stereocenters. The van der Waals surface area contributed by atoms with Gasteiger partial charge in [0.1, 0.15) is 19.3 Å². The average Bonchev–Trinajstić information content (AvgIpc) is 0.908. The van der Waals surface area contributed by atoms with E-state index in [1.807, 2.05) is 0 Å². The van der Waals surface area contributed by atoms with Gasteiger partial charge in [0.15, 0.2) is 12.2 Å². The van der Waals surface area contributed by atoms with E-state index in [4.69, 9.17) is 37.0 Å². The van der Waals surface area contributed by atoms with Crippen molar-refractivity contribution >= 4 is 39.5 Å². The molecule has 0 saturated heterocycles. The van der Waals surface area contributed by atoms with Crippen LogP contribution in [0.15, 0.2) is 0 Å². The highest BCUT2D eigenvalue weighted by Crippen LogP contribution is 2.45. The van der Waals surface area contributed by atoms with Crippen LogP contribution in [-0.4, -0.2) is 96.7 Å². The number of ether oxygens (including phenoxy) is 4. The third kappa shape index (κ3) is 79.9. The van der Waals surface area contributed by atoms with Gasteiger partial charge < -0.3 is 33.8 Å². The van der Waals surface area contributed by atoms with Crippen LogP contribution in [0.3, 0.4) is 0 Å². The van der Waals surface area contributed by atoms with Gasteiger partial charge in [-0.25, -0.2) is 9.13 Å². The fourth-order valence-corrected chi connectivity index (χ4v) is 15.1. The molecule has 0 amide bonds. The second-order valence-corrected chi connectivity index (χ2v) is 34.3. The Kier molecular flexibility index (Phi) is 77.3. The summed E-state index contributed by atoms with van der Waals surface area (Å²) in [4.78, 5) is 73.2. The summed E-state index contributed by atoms with van der Waals surface area (Å²) in [6.45, 7) is 7.28. The molecule has 0 bridgehead atoms.